The van der Waals surface area contributed by atoms with Gasteiger partial charge in [-0.3, -0.25) is 9.89 Å². The first kappa shape index (κ1) is 22.3. The minimum atomic E-state index is 0.527. The lowest BCUT2D eigenvalue weighted by molar-refractivity contribution is 0.172. The molecule has 1 aromatic rings. The maximum Gasteiger partial charge on any atom is 0.195 e. The minimum Gasteiger partial charge on any atom is -0.493 e. The Morgan fingerprint density at radius 1 is 1.15 bits per heavy atom. The number of rotatable bonds is 11. The molecule has 0 bridgehead atoms. The molecule has 26 heavy (non-hydrogen) atoms. The Hall–Kier alpha value is -1.79. The number of nitrogens with zero attached hydrogens (tertiary/aromatic N) is 2. The molecule has 0 unspecified atom stereocenters. The van der Waals surface area contributed by atoms with Gasteiger partial charge in [0.15, 0.2) is 5.96 Å². The van der Waals surface area contributed by atoms with Gasteiger partial charge in [-0.1, -0.05) is 6.07 Å². The highest BCUT2D eigenvalue weighted by atomic mass is 16.5. The Morgan fingerprint density at radius 3 is 2.50 bits per heavy atom. The number of anilines is 1. The number of hydrogen-bond donors (Lipinski definition) is 2. The van der Waals surface area contributed by atoms with E-state index in [0.29, 0.717) is 25.3 Å². The van der Waals surface area contributed by atoms with E-state index in [1.54, 1.807) is 14.2 Å². The molecule has 1 aromatic carbocycles. The maximum atomic E-state index is 5.74. The van der Waals surface area contributed by atoms with Crippen LogP contribution in [-0.2, 0) is 4.74 Å². The number of ether oxygens (including phenoxy) is 2. The van der Waals surface area contributed by atoms with Crippen LogP contribution in [-0.4, -0.2) is 63.4 Å². The molecule has 1 rings (SSSR count). The molecule has 0 heterocycles. The van der Waals surface area contributed by atoms with Gasteiger partial charge in [0, 0.05) is 64.1 Å². The molecular formula is C20H36N4O2. The fraction of sp³-hybridized carbons (Fsp3) is 0.650. The summed E-state index contributed by atoms with van der Waals surface area (Å²) in [7, 11) is 3.48. The van der Waals surface area contributed by atoms with Crippen LogP contribution < -0.4 is 15.4 Å². The van der Waals surface area contributed by atoms with Crippen molar-refractivity contribution in [2.75, 3.05) is 45.8 Å². The third kappa shape index (κ3) is 8.54. The van der Waals surface area contributed by atoms with Crippen molar-refractivity contribution in [1.29, 1.82) is 0 Å². The van der Waals surface area contributed by atoms with E-state index in [-0.39, 0.29) is 0 Å². The van der Waals surface area contributed by atoms with E-state index in [0.717, 1.165) is 36.9 Å². The zero-order valence-electron chi connectivity index (χ0n) is 17.2. The molecule has 0 saturated carbocycles. The molecule has 0 aliphatic carbocycles. The first-order chi connectivity index (χ1) is 12.5. The standard InChI is InChI=1S/C20H36N4O2/c1-16(2)24(17(3)4)12-11-22-20(21-5)23-18-9-7-10-19(15-18)26-14-8-13-25-6/h7,9-10,15-17H,8,11-14H2,1-6H3,(H2,21,22,23). The summed E-state index contributed by atoms with van der Waals surface area (Å²) in [5, 5.41) is 6.70. The van der Waals surface area contributed by atoms with Gasteiger partial charge in [-0.25, -0.2) is 0 Å². The number of hydrogen-bond acceptors (Lipinski definition) is 4. The van der Waals surface area contributed by atoms with Gasteiger partial charge in [-0.15, -0.1) is 0 Å². The van der Waals surface area contributed by atoms with Crippen LogP contribution in [0.2, 0.25) is 0 Å². The van der Waals surface area contributed by atoms with E-state index in [1.165, 1.54) is 0 Å². The van der Waals surface area contributed by atoms with Crippen molar-refractivity contribution in [1.82, 2.24) is 10.2 Å². The van der Waals surface area contributed by atoms with Crippen LogP contribution in [0.1, 0.15) is 34.1 Å². The maximum absolute atomic E-state index is 5.74. The number of nitrogens with one attached hydrogen (secondary N) is 2. The highest BCUT2D eigenvalue weighted by Gasteiger charge is 2.12. The van der Waals surface area contributed by atoms with Crippen LogP contribution in [0.15, 0.2) is 29.3 Å². The molecule has 2 N–H and O–H groups in total. The molecule has 0 saturated heterocycles. The van der Waals surface area contributed by atoms with Crippen molar-refractivity contribution in [3.8, 4) is 5.75 Å². The average Bonchev–Trinajstić information content (AvgIpc) is 2.61. The third-order valence-electron chi connectivity index (χ3n) is 4.07. The SMILES string of the molecule is CN=C(NCCN(C(C)C)C(C)C)Nc1cccc(OCCCOC)c1. The van der Waals surface area contributed by atoms with Crippen molar-refractivity contribution < 1.29 is 9.47 Å². The quantitative estimate of drug-likeness (QED) is 0.359. The van der Waals surface area contributed by atoms with Crippen LogP contribution in [0.3, 0.4) is 0 Å². The minimum absolute atomic E-state index is 0.527. The summed E-state index contributed by atoms with van der Waals surface area (Å²) in [6.45, 7) is 12.1. The molecule has 148 valence electrons. The van der Waals surface area contributed by atoms with Crippen molar-refractivity contribution in [3.05, 3.63) is 24.3 Å². The Morgan fingerprint density at radius 2 is 1.88 bits per heavy atom. The summed E-state index contributed by atoms with van der Waals surface area (Å²) in [6, 6.07) is 8.97. The molecule has 0 radical (unpaired) electrons. The van der Waals surface area contributed by atoms with E-state index in [2.05, 4.69) is 48.2 Å². The van der Waals surface area contributed by atoms with Gasteiger partial charge < -0.3 is 20.1 Å². The topological polar surface area (TPSA) is 58.1 Å². The first-order valence-corrected chi connectivity index (χ1v) is 9.43. The van der Waals surface area contributed by atoms with Crippen LogP contribution >= 0.6 is 0 Å². The van der Waals surface area contributed by atoms with Crippen molar-refractivity contribution in [3.63, 3.8) is 0 Å². The van der Waals surface area contributed by atoms with Gasteiger partial charge in [-0.2, -0.15) is 0 Å². The Balaban J connectivity index is 2.49. The van der Waals surface area contributed by atoms with E-state index >= 15 is 0 Å². The first-order valence-electron chi connectivity index (χ1n) is 9.43. The summed E-state index contributed by atoms with van der Waals surface area (Å²) in [5.74, 6) is 1.60. The Kier molecular flexibility index (Phi) is 10.7. The van der Waals surface area contributed by atoms with Crippen molar-refractivity contribution in [2.45, 2.75) is 46.2 Å². The summed E-state index contributed by atoms with van der Waals surface area (Å²) >= 11 is 0. The lowest BCUT2D eigenvalue weighted by Crippen LogP contribution is -2.43. The highest BCUT2D eigenvalue weighted by Crippen LogP contribution is 2.17. The van der Waals surface area contributed by atoms with E-state index in [1.807, 2.05) is 24.3 Å². The second kappa shape index (κ2) is 12.5. The van der Waals surface area contributed by atoms with Gasteiger partial charge in [0.1, 0.15) is 5.75 Å². The molecule has 0 aromatic heterocycles. The van der Waals surface area contributed by atoms with Gasteiger partial charge in [0.2, 0.25) is 0 Å². The second-order valence-electron chi connectivity index (χ2n) is 6.77. The second-order valence-corrected chi connectivity index (χ2v) is 6.77. The van der Waals surface area contributed by atoms with Crippen LogP contribution in [0.5, 0.6) is 5.75 Å². The van der Waals surface area contributed by atoms with E-state index in [4.69, 9.17) is 9.47 Å². The third-order valence-corrected chi connectivity index (χ3v) is 4.07. The molecule has 0 fully saturated rings. The predicted molar refractivity (Wildman–Crippen MR) is 110 cm³/mol. The van der Waals surface area contributed by atoms with Crippen LogP contribution in [0.4, 0.5) is 5.69 Å². The predicted octanol–water partition coefficient (Wildman–Crippen LogP) is 3.21. The molecule has 0 spiro atoms. The number of benzene rings is 1. The van der Waals surface area contributed by atoms with Gasteiger partial charge in [0.25, 0.3) is 0 Å². The summed E-state index contributed by atoms with van der Waals surface area (Å²) < 4.78 is 10.8. The largest absolute Gasteiger partial charge is 0.493 e. The van der Waals surface area contributed by atoms with Crippen molar-refractivity contribution >= 4 is 11.6 Å². The lowest BCUT2D eigenvalue weighted by Gasteiger charge is -2.30. The van der Waals surface area contributed by atoms with E-state index < -0.39 is 0 Å². The highest BCUT2D eigenvalue weighted by molar-refractivity contribution is 5.93. The van der Waals surface area contributed by atoms with Crippen LogP contribution in [0, 0.1) is 0 Å². The normalized spacial score (nSPS) is 12.1. The summed E-state index contributed by atoms with van der Waals surface area (Å²) in [6.07, 6.45) is 0.875. The summed E-state index contributed by atoms with van der Waals surface area (Å²) in [5.41, 5.74) is 0.951. The average molecular weight is 365 g/mol. The zero-order chi connectivity index (χ0) is 19.4. The van der Waals surface area contributed by atoms with E-state index in [9.17, 15) is 0 Å². The monoisotopic (exact) mass is 364 g/mol. The zero-order valence-corrected chi connectivity index (χ0v) is 17.2. The number of methoxy groups -OCH3 is 1. The molecule has 0 aliphatic heterocycles. The number of guanidine groups is 1. The molecule has 0 aliphatic rings. The molecule has 0 atom stereocenters. The Bertz CT molecular complexity index is 524. The van der Waals surface area contributed by atoms with Gasteiger partial charge in [0.05, 0.1) is 6.61 Å². The van der Waals surface area contributed by atoms with Crippen LogP contribution in [0.25, 0.3) is 0 Å². The molecule has 6 nitrogen and oxygen atoms in total. The summed E-state index contributed by atoms with van der Waals surface area (Å²) in [4.78, 5) is 6.76. The fourth-order valence-corrected chi connectivity index (χ4v) is 2.79. The molecule has 0 amide bonds. The van der Waals surface area contributed by atoms with Gasteiger partial charge in [-0.05, 0) is 39.8 Å². The Labute approximate surface area is 159 Å². The van der Waals surface area contributed by atoms with Crippen molar-refractivity contribution in [2.24, 2.45) is 4.99 Å². The molecule has 6 heteroatoms. The van der Waals surface area contributed by atoms with Gasteiger partial charge >= 0.3 is 0 Å². The molecular weight excluding hydrogens is 328 g/mol. The fourth-order valence-electron chi connectivity index (χ4n) is 2.79. The lowest BCUT2D eigenvalue weighted by atomic mass is 10.2. The number of aliphatic imine (C=N–C) groups is 1. The smallest absolute Gasteiger partial charge is 0.195 e.